The van der Waals surface area contributed by atoms with Crippen molar-refractivity contribution in [2.24, 2.45) is 0 Å². The molecule has 0 spiro atoms. The van der Waals surface area contributed by atoms with E-state index in [0.29, 0.717) is 6.42 Å². The van der Waals surface area contributed by atoms with Crippen molar-refractivity contribution in [2.45, 2.75) is 25.9 Å². The van der Waals surface area contributed by atoms with Crippen molar-refractivity contribution in [1.29, 1.82) is 0 Å². The van der Waals surface area contributed by atoms with Gasteiger partial charge in [-0.15, -0.1) is 0 Å². The van der Waals surface area contributed by atoms with Crippen LogP contribution in [0.15, 0.2) is 0 Å². The molecule has 0 aliphatic carbocycles. The minimum atomic E-state index is -0.676. The Morgan fingerprint density at radius 1 is 1.71 bits per heavy atom. The Balaban J connectivity index is 2.83. The first kappa shape index (κ1) is 6.89. The van der Waals surface area contributed by atoms with Gasteiger partial charge in [-0.05, 0) is 6.42 Å². The van der Waals surface area contributed by atoms with Gasteiger partial charge in [0.2, 0.25) is 0 Å². The predicted molar refractivity (Wildman–Crippen MR) is 25.4 cm³/mol. The monoisotopic (exact) mass is 105 g/mol. The third kappa shape index (κ3) is 3.73. The maximum Gasteiger partial charge on any atom is 0.0952 e. The van der Waals surface area contributed by atoms with E-state index in [1.165, 1.54) is 0 Å². The highest BCUT2D eigenvalue weighted by Crippen LogP contribution is 1.95. The van der Waals surface area contributed by atoms with Gasteiger partial charge in [-0.1, -0.05) is 6.92 Å². The second kappa shape index (κ2) is 4.06. The molecule has 0 aromatic carbocycles. The minimum Gasteiger partial charge on any atom is -0.251 e. The van der Waals surface area contributed by atoms with Crippen LogP contribution in [0.2, 0.25) is 0 Å². The molecule has 0 heterocycles. The average molecular weight is 105 g/mol. The van der Waals surface area contributed by atoms with Crippen molar-refractivity contribution in [1.82, 2.24) is 0 Å². The maximum absolute atomic E-state index is 11.2. The molecule has 0 rings (SSSR count). The van der Waals surface area contributed by atoms with Crippen LogP contribution in [-0.4, -0.2) is 12.8 Å². The average Bonchev–Trinajstić information content (AvgIpc) is 1.68. The Labute approximate surface area is 43.2 Å². The number of hydrogen-bond donors (Lipinski definition) is 0. The zero-order valence-electron chi connectivity index (χ0n) is 4.48. The lowest BCUT2D eigenvalue weighted by atomic mass is 10.2. The molecule has 2 heteroatoms. The number of hydrogen-bond acceptors (Lipinski definition) is 0. The molecule has 1 nitrogen and oxygen atoms in total. The van der Waals surface area contributed by atoms with Crippen LogP contribution in [0.4, 0.5) is 4.39 Å². The van der Waals surface area contributed by atoms with Crippen molar-refractivity contribution in [3.05, 3.63) is 0 Å². The zero-order chi connectivity index (χ0) is 5.70. The quantitative estimate of drug-likeness (QED) is 0.519. The van der Waals surface area contributed by atoms with Gasteiger partial charge in [-0.3, -0.25) is 4.39 Å². The van der Waals surface area contributed by atoms with Gasteiger partial charge >= 0.3 is 0 Å². The summed E-state index contributed by atoms with van der Waals surface area (Å²) in [5, 5.41) is 10.3. The van der Waals surface area contributed by atoms with Crippen molar-refractivity contribution in [2.75, 3.05) is 6.67 Å². The maximum atomic E-state index is 11.2. The Morgan fingerprint density at radius 3 is 2.43 bits per heavy atom. The zero-order valence-corrected chi connectivity index (χ0v) is 4.48. The van der Waals surface area contributed by atoms with Gasteiger partial charge in [-0.25, -0.2) is 5.11 Å². The summed E-state index contributed by atoms with van der Waals surface area (Å²) in [5.74, 6) is 0. The first-order valence-electron chi connectivity index (χ1n) is 2.53. The van der Waals surface area contributed by atoms with Gasteiger partial charge in [0.25, 0.3) is 0 Å². The Bertz CT molecular complexity index is 39.1. The number of alkyl halides is 1. The normalized spacial score (nSPS) is 14.1. The summed E-state index contributed by atoms with van der Waals surface area (Å²) in [5.41, 5.74) is 0. The third-order valence-electron chi connectivity index (χ3n) is 0.886. The van der Waals surface area contributed by atoms with Crippen LogP contribution in [0.5, 0.6) is 0 Å². The summed E-state index contributed by atoms with van der Waals surface area (Å²) in [7, 11) is 0. The van der Waals surface area contributed by atoms with Crippen LogP contribution < -0.4 is 0 Å². The second-order valence-corrected chi connectivity index (χ2v) is 1.51. The van der Waals surface area contributed by atoms with Gasteiger partial charge in [0.15, 0.2) is 0 Å². The van der Waals surface area contributed by atoms with E-state index in [1.807, 2.05) is 0 Å². The van der Waals surface area contributed by atoms with E-state index in [2.05, 4.69) is 0 Å². The molecule has 0 saturated carbocycles. The van der Waals surface area contributed by atoms with Crippen molar-refractivity contribution < 1.29 is 9.50 Å². The fraction of sp³-hybridized carbons (Fsp3) is 1.00. The molecule has 0 aromatic rings. The molecule has 0 aliphatic heterocycles. The van der Waals surface area contributed by atoms with Crippen molar-refractivity contribution in [3.8, 4) is 0 Å². The van der Waals surface area contributed by atoms with E-state index in [-0.39, 0.29) is 6.42 Å². The molecule has 43 valence electrons. The Morgan fingerprint density at radius 2 is 2.29 bits per heavy atom. The molecule has 0 fully saturated rings. The van der Waals surface area contributed by atoms with Gasteiger partial charge in [-0.2, -0.15) is 0 Å². The van der Waals surface area contributed by atoms with Crippen LogP contribution in [0.3, 0.4) is 0 Å². The molecule has 0 bridgehead atoms. The Kier molecular flexibility index (Phi) is 4.00. The van der Waals surface area contributed by atoms with E-state index in [4.69, 9.17) is 0 Å². The summed E-state index contributed by atoms with van der Waals surface area (Å²) < 4.78 is 11.2. The largest absolute Gasteiger partial charge is 0.251 e. The van der Waals surface area contributed by atoms with Gasteiger partial charge in [0.05, 0.1) is 12.8 Å². The van der Waals surface area contributed by atoms with Crippen LogP contribution in [-0.2, 0) is 5.11 Å². The molecule has 0 aliphatic rings. The fourth-order valence-corrected chi connectivity index (χ4v) is 0.326. The van der Waals surface area contributed by atoms with Crippen LogP contribution >= 0.6 is 0 Å². The summed E-state index contributed by atoms with van der Waals surface area (Å²) in [4.78, 5) is 0. The molecule has 1 atom stereocenters. The van der Waals surface area contributed by atoms with Crippen LogP contribution in [0.25, 0.3) is 0 Å². The highest BCUT2D eigenvalue weighted by Gasteiger charge is 1.99. The van der Waals surface area contributed by atoms with Crippen LogP contribution in [0.1, 0.15) is 19.8 Å². The van der Waals surface area contributed by atoms with Gasteiger partial charge in [0, 0.05) is 6.42 Å². The smallest absolute Gasteiger partial charge is 0.0952 e. The molecule has 0 amide bonds. The fourth-order valence-electron chi connectivity index (χ4n) is 0.326. The summed E-state index contributed by atoms with van der Waals surface area (Å²) in [6.45, 7) is 1.30. The summed E-state index contributed by atoms with van der Waals surface area (Å²) in [6.07, 6.45) is 0.0467. The van der Waals surface area contributed by atoms with E-state index >= 15 is 0 Å². The first-order chi connectivity index (χ1) is 3.31. The van der Waals surface area contributed by atoms with Gasteiger partial charge in [0.1, 0.15) is 0 Å². The van der Waals surface area contributed by atoms with Crippen LogP contribution in [0, 0.1) is 0 Å². The van der Waals surface area contributed by atoms with Gasteiger partial charge < -0.3 is 0 Å². The standard InChI is InChI=1S/C5H10FO/c1-2-5(7)3-4-6/h5H,2-4H2,1H3. The van der Waals surface area contributed by atoms with E-state index < -0.39 is 12.8 Å². The second-order valence-electron chi connectivity index (χ2n) is 1.51. The number of halogens is 1. The molecule has 1 unspecified atom stereocenters. The lowest BCUT2D eigenvalue weighted by Gasteiger charge is -1.96. The summed E-state index contributed by atoms with van der Waals surface area (Å²) in [6, 6.07) is 0. The van der Waals surface area contributed by atoms with E-state index in [9.17, 15) is 9.50 Å². The minimum absolute atomic E-state index is 0.177. The highest BCUT2D eigenvalue weighted by molar-refractivity contribution is 4.47. The van der Waals surface area contributed by atoms with E-state index in [1.54, 1.807) is 6.92 Å². The third-order valence-corrected chi connectivity index (χ3v) is 0.886. The summed E-state index contributed by atoms with van der Waals surface area (Å²) >= 11 is 0. The predicted octanol–water partition coefficient (Wildman–Crippen LogP) is 1.56. The SMILES string of the molecule is CCC([O])CCF. The topological polar surface area (TPSA) is 19.9 Å². The Hall–Kier alpha value is -0.110. The molecular formula is C5H10FO. The number of rotatable bonds is 3. The lowest BCUT2D eigenvalue weighted by molar-refractivity contribution is 0.0718. The molecule has 1 radical (unpaired) electrons. The molecule has 0 N–H and O–H groups in total. The van der Waals surface area contributed by atoms with E-state index in [0.717, 1.165) is 0 Å². The molecule has 0 aromatic heterocycles. The molecule has 7 heavy (non-hydrogen) atoms. The van der Waals surface area contributed by atoms with Crippen molar-refractivity contribution in [3.63, 3.8) is 0 Å². The van der Waals surface area contributed by atoms with Crippen molar-refractivity contribution >= 4 is 0 Å². The lowest BCUT2D eigenvalue weighted by Crippen LogP contribution is -2.01. The molecule has 0 saturated heterocycles. The molecular weight excluding hydrogens is 95.1 g/mol. The highest BCUT2D eigenvalue weighted by atomic mass is 19.1. The first-order valence-corrected chi connectivity index (χ1v) is 2.53.